The van der Waals surface area contributed by atoms with Gasteiger partial charge in [-0.05, 0) is 30.4 Å². The minimum absolute atomic E-state index is 0.198. The number of carboxylic acids is 1. The van der Waals surface area contributed by atoms with Crippen molar-refractivity contribution < 1.29 is 14.7 Å². The lowest BCUT2D eigenvalue weighted by Gasteiger charge is -2.25. The predicted molar refractivity (Wildman–Crippen MR) is 94.7 cm³/mol. The van der Waals surface area contributed by atoms with E-state index in [0.717, 1.165) is 11.3 Å². The second-order valence-electron chi connectivity index (χ2n) is 5.21. The molecule has 0 fully saturated rings. The molecule has 5 nitrogen and oxygen atoms in total. The molecule has 0 bridgehead atoms. The number of nitrogens with one attached hydrogen (secondary N) is 1. The van der Waals surface area contributed by atoms with Gasteiger partial charge in [-0.25, -0.2) is 4.79 Å². The Labute approximate surface area is 140 Å². The van der Waals surface area contributed by atoms with Gasteiger partial charge in [-0.3, -0.25) is 4.79 Å². The molecule has 2 N–H and O–H groups in total. The molecule has 1 atom stereocenters. The van der Waals surface area contributed by atoms with E-state index in [0.29, 0.717) is 11.5 Å². The number of thiol groups is 1. The third kappa shape index (κ3) is 5.46. The summed E-state index contributed by atoms with van der Waals surface area (Å²) in [5.41, 5.74) is 2.09. The van der Waals surface area contributed by atoms with Crippen LogP contribution in [0.5, 0.6) is 0 Å². The highest BCUT2D eigenvalue weighted by atomic mass is 32.2. The van der Waals surface area contributed by atoms with E-state index in [4.69, 9.17) is 0 Å². The van der Waals surface area contributed by atoms with Gasteiger partial charge in [-0.2, -0.15) is 12.6 Å². The number of carbonyl (C=O) groups excluding carboxylic acids is 1. The van der Waals surface area contributed by atoms with Crippen molar-refractivity contribution in [2.75, 3.05) is 24.7 Å². The Morgan fingerprint density at radius 3 is 2.36 bits per heavy atom. The van der Waals surface area contributed by atoms with Crippen LogP contribution in [-0.4, -0.2) is 41.7 Å². The van der Waals surface area contributed by atoms with Crippen LogP contribution in [0.2, 0.25) is 0 Å². The molecule has 122 valence electrons. The Balaban J connectivity index is 2.71. The number of rotatable bonds is 8. The first-order valence-electron chi connectivity index (χ1n) is 6.84. The van der Waals surface area contributed by atoms with Gasteiger partial charge in [0.25, 0.3) is 0 Å². The van der Waals surface area contributed by atoms with Crippen molar-refractivity contribution in [1.82, 2.24) is 5.32 Å². The number of thioether (sulfide) groups is 1. The number of nitrogens with zero attached hydrogens (tertiary/aromatic N) is 1. The Kier molecular flexibility index (Phi) is 7.09. The summed E-state index contributed by atoms with van der Waals surface area (Å²) in [4.78, 5) is 23.8. The minimum atomic E-state index is -1.35. The van der Waals surface area contributed by atoms with Crippen molar-refractivity contribution in [1.29, 1.82) is 0 Å². The van der Waals surface area contributed by atoms with Crippen molar-refractivity contribution in [2.45, 2.75) is 24.0 Å². The standard InChI is InChI=1S/C15H22N2O3S2/c1-15(14(19)20,16-13(18)8-9-21)22-10-11-4-6-12(7-5-11)17(2)3/h4-7,21H,8-10H2,1-3H3,(H,16,18)(H,19,20). The third-order valence-electron chi connectivity index (χ3n) is 3.11. The van der Waals surface area contributed by atoms with Crippen molar-refractivity contribution in [3.63, 3.8) is 0 Å². The van der Waals surface area contributed by atoms with Crippen molar-refractivity contribution >= 4 is 42.0 Å². The summed E-state index contributed by atoms with van der Waals surface area (Å²) in [6.45, 7) is 1.50. The number of anilines is 1. The molecule has 7 heteroatoms. The van der Waals surface area contributed by atoms with Crippen LogP contribution in [0.3, 0.4) is 0 Å². The summed E-state index contributed by atoms with van der Waals surface area (Å²) in [6, 6.07) is 7.88. The fourth-order valence-electron chi connectivity index (χ4n) is 1.70. The summed E-state index contributed by atoms with van der Waals surface area (Å²) in [7, 11) is 3.92. The SMILES string of the molecule is CN(C)c1ccc(CSC(C)(NC(=O)CCS)C(=O)O)cc1. The molecular formula is C15H22N2O3S2. The zero-order valence-corrected chi connectivity index (χ0v) is 14.7. The molecule has 1 rings (SSSR count). The highest BCUT2D eigenvalue weighted by Crippen LogP contribution is 2.27. The lowest BCUT2D eigenvalue weighted by molar-refractivity contribution is -0.142. The van der Waals surface area contributed by atoms with E-state index in [1.165, 1.54) is 18.7 Å². The van der Waals surface area contributed by atoms with E-state index >= 15 is 0 Å². The molecule has 0 aliphatic heterocycles. The molecule has 0 radical (unpaired) electrons. The highest BCUT2D eigenvalue weighted by molar-refractivity contribution is 8.00. The zero-order valence-electron chi connectivity index (χ0n) is 13.0. The number of aliphatic carboxylic acids is 1. The second-order valence-corrected chi connectivity index (χ2v) is 7.05. The number of carboxylic acid groups (broad SMARTS) is 1. The molecule has 0 spiro atoms. The molecule has 1 unspecified atom stereocenters. The van der Waals surface area contributed by atoms with Crippen LogP contribution in [0.1, 0.15) is 18.9 Å². The minimum Gasteiger partial charge on any atom is -0.479 e. The molecule has 0 aliphatic rings. The summed E-state index contributed by atoms with van der Waals surface area (Å²) >= 11 is 5.16. The second kappa shape index (κ2) is 8.33. The number of hydrogen-bond acceptors (Lipinski definition) is 5. The smallest absolute Gasteiger partial charge is 0.339 e. The number of benzene rings is 1. The molecule has 0 saturated heterocycles. The normalized spacial score (nSPS) is 13.3. The van der Waals surface area contributed by atoms with Crippen LogP contribution in [0, 0.1) is 0 Å². The van der Waals surface area contributed by atoms with E-state index in [1.54, 1.807) is 0 Å². The van der Waals surface area contributed by atoms with Crippen LogP contribution in [-0.2, 0) is 15.3 Å². The summed E-state index contributed by atoms with van der Waals surface area (Å²) in [5, 5.41) is 11.9. The zero-order chi connectivity index (χ0) is 16.8. The lowest BCUT2D eigenvalue weighted by Crippen LogP contribution is -2.49. The quantitative estimate of drug-likeness (QED) is 0.499. The molecule has 1 aromatic carbocycles. The summed E-state index contributed by atoms with van der Waals surface area (Å²) in [5.74, 6) is -0.485. The van der Waals surface area contributed by atoms with Gasteiger partial charge < -0.3 is 15.3 Å². The lowest BCUT2D eigenvalue weighted by atomic mass is 10.2. The average Bonchev–Trinajstić information content (AvgIpc) is 2.45. The van der Waals surface area contributed by atoms with Gasteiger partial charge in [0.2, 0.25) is 5.91 Å². The Morgan fingerprint density at radius 2 is 1.91 bits per heavy atom. The third-order valence-corrected chi connectivity index (χ3v) is 4.66. The maximum atomic E-state index is 11.7. The molecule has 22 heavy (non-hydrogen) atoms. The molecule has 0 saturated carbocycles. The summed E-state index contributed by atoms with van der Waals surface area (Å²) in [6.07, 6.45) is 0.198. The van der Waals surface area contributed by atoms with Crippen LogP contribution in [0.15, 0.2) is 24.3 Å². The van der Waals surface area contributed by atoms with Gasteiger partial charge >= 0.3 is 5.97 Å². The Bertz CT molecular complexity index is 520. The summed E-state index contributed by atoms with van der Waals surface area (Å²) < 4.78 is 0. The first-order valence-corrected chi connectivity index (χ1v) is 8.46. The van der Waals surface area contributed by atoms with Crippen LogP contribution in [0.25, 0.3) is 0 Å². The Morgan fingerprint density at radius 1 is 1.32 bits per heavy atom. The largest absolute Gasteiger partial charge is 0.479 e. The average molecular weight is 342 g/mol. The molecular weight excluding hydrogens is 320 g/mol. The van der Waals surface area contributed by atoms with E-state index in [-0.39, 0.29) is 12.3 Å². The molecule has 0 aromatic heterocycles. The molecule has 1 amide bonds. The van der Waals surface area contributed by atoms with Crippen LogP contribution in [0.4, 0.5) is 5.69 Å². The van der Waals surface area contributed by atoms with Crippen molar-refractivity contribution in [2.24, 2.45) is 0 Å². The molecule has 1 aromatic rings. The number of hydrogen-bond donors (Lipinski definition) is 3. The highest BCUT2D eigenvalue weighted by Gasteiger charge is 2.35. The molecule has 0 aliphatic carbocycles. The van der Waals surface area contributed by atoms with Crippen molar-refractivity contribution in [3.05, 3.63) is 29.8 Å². The molecule has 0 heterocycles. The topological polar surface area (TPSA) is 69.6 Å². The van der Waals surface area contributed by atoms with E-state index in [2.05, 4.69) is 17.9 Å². The van der Waals surface area contributed by atoms with Gasteiger partial charge in [-0.15, -0.1) is 11.8 Å². The van der Waals surface area contributed by atoms with Gasteiger partial charge in [-0.1, -0.05) is 12.1 Å². The number of carbonyl (C=O) groups is 2. The fourth-order valence-corrected chi connectivity index (χ4v) is 2.86. The van der Waals surface area contributed by atoms with Gasteiger partial charge in [0.05, 0.1) is 0 Å². The fraction of sp³-hybridized carbons (Fsp3) is 0.467. The van der Waals surface area contributed by atoms with E-state index < -0.39 is 10.8 Å². The Hall–Kier alpha value is -1.34. The van der Waals surface area contributed by atoms with Crippen molar-refractivity contribution in [3.8, 4) is 0 Å². The first kappa shape index (κ1) is 18.7. The van der Waals surface area contributed by atoms with E-state index in [9.17, 15) is 14.7 Å². The van der Waals surface area contributed by atoms with E-state index in [1.807, 2.05) is 43.3 Å². The van der Waals surface area contributed by atoms with Gasteiger partial charge in [0.1, 0.15) is 0 Å². The number of amides is 1. The maximum absolute atomic E-state index is 11.7. The van der Waals surface area contributed by atoms with Gasteiger partial charge in [0, 0.05) is 32.0 Å². The monoisotopic (exact) mass is 342 g/mol. The predicted octanol–water partition coefficient (Wildman–Crippen LogP) is 2.22. The maximum Gasteiger partial charge on any atom is 0.339 e. The first-order chi connectivity index (χ1) is 10.3. The van der Waals surface area contributed by atoms with Gasteiger partial charge in [0.15, 0.2) is 4.87 Å². The van der Waals surface area contributed by atoms with Crippen LogP contribution >= 0.6 is 24.4 Å². The van der Waals surface area contributed by atoms with Crippen LogP contribution < -0.4 is 10.2 Å².